The molecule has 6 heteroatoms. The number of anilines is 2. The number of nitrogens with one attached hydrogen (secondary N) is 2. The summed E-state index contributed by atoms with van der Waals surface area (Å²) in [4.78, 5) is 12.6. The zero-order chi connectivity index (χ0) is 19.4. The van der Waals surface area contributed by atoms with Gasteiger partial charge in [-0.25, -0.2) is 8.42 Å². The lowest BCUT2D eigenvalue weighted by molar-refractivity contribution is 0.102. The van der Waals surface area contributed by atoms with Gasteiger partial charge in [0.2, 0.25) is 0 Å². The number of carbonyl (C=O) groups excluding carboxylic acids is 1. The highest BCUT2D eigenvalue weighted by molar-refractivity contribution is 7.92. The highest BCUT2D eigenvalue weighted by Gasteiger charge is 2.19. The fourth-order valence-electron chi connectivity index (χ4n) is 2.59. The second-order valence-electron chi connectivity index (χ2n) is 6.27. The first-order valence-electron chi connectivity index (χ1n) is 8.42. The third-order valence-corrected chi connectivity index (χ3v) is 5.60. The van der Waals surface area contributed by atoms with Crippen molar-refractivity contribution in [2.45, 2.75) is 18.7 Å². The molecule has 0 aliphatic heterocycles. The normalized spacial score (nSPS) is 11.0. The van der Waals surface area contributed by atoms with E-state index in [-0.39, 0.29) is 16.4 Å². The summed E-state index contributed by atoms with van der Waals surface area (Å²) in [6, 6.07) is 20.7. The van der Waals surface area contributed by atoms with Crippen molar-refractivity contribution in [1.82, 2.24) is 0 Å². The van der Waals surface area contributed by atoms with E-state index in [0.717, 1.165) is 5.56 Å². The molecule has 3 aromatic rings. The van der Waals surface area contributed by atoms with Crippen LogP contribution in [0.25, 0.3) is 0 Å². The van der Waals surface area contributed by atoms with Crippen LogP contribution in [0, 0.1) is 13.8 Å². The van der Waals surface area contributed by atoms with E-state index in [2.05, 4.69) is 10.0 Å². The number of rotatable bonds is 5. The third-order valence-electron chi connectivity index (χ3n) is 4.08. The van der Waals surface area contributed by atoms with E-state index in [1.165, 1.54) is 6.07 Å². The van der Waals surface area contributed by atoms with Gasteiger partial charge in [-0.15, -0.1) is 0 Å². The Morgan fingerprint density at radius 2 is 1.48 bits per heavy atom. The number of hydrogen-bond donors (Lipinski definition) is 2. The Hall–Kier alpha value is -3.12. The predicted molar refractivity (Wildman–Crippen MR) is 108 cm³/mol. The predicted octanol–water partition coefficient (Wildman–Crippen LogP) is 4.36. The van der Waals surface area contributed by atoms with E-state index in [4.69, 9.17) is 0 Å². The molecule has 0 radical (unpaired) electrons. The van der Waals surface area contributed by atoms with Crippen LogP contribution in [0.4, 0.5) is 11.4 Å². The van der Waals surface area contributed by atoms with Gasteiger partial charge in [0.05, 0.1) is 4.90 Å². The van der Waals surface area contributed by atoms with Crippen molar-refractivity contribution in [3.8, 4) is 0 Å². The highest BCUT2D eigenvalue weighted by Crippen LogP contribution is 2.21. The molecule has 2 N–H and O–H groups in total. The van der Waals surface area contributed by atoms with Crippen LogP contribution in [0.15, 0.2) is 77.7 Å². The Morgan fingerprint density at radius 1 is 0.815 bits per heavy atom. The molecule has 3 aromatic carbocycles. The zero-order valence-corrected chi connectivity index (χ0v) is 15.9. The quantitative estimate of drug-likeness (QED) is 0.691. The van der Waals surface area contributed by atoms with E-state index in [9.17, 15) is 13.2 Å². The van der Waals surface area contributed by atoms with Crippen LogP contribution in [-0.4, -0.2) is 14.3 Å². The Kier molecular flexibility index (Phi) is 5.28. The maximum atomic E-state index is 12.8. The van der Waals surface area contributed by atoms with Gasteiger partial charge in [-0.3, -0.25) is 9.52 Å². The molecule has 1 amide bonds. The van der Waals surface area contributed by atoms with Crippen LogP contribution in [0.2, 0.25) is 0 Å². The number of hydrogen-bond acceptors (Lipinski definition) is 3. The molecule has 138 valence electrons. The number of aryl methyl sites for hydroxylation is 2. The summed E-state index contributed by atoms with van der Waals surface area (Å²) in [5.74, 6) is -0.366. The lowest BCUT2D eigenvalue weighted by Gasteiger charge is -2.12. The van der Waals surface area contributed by atoms with Crippen molar-refractivity contribution >= 4 is 27.3 Å². The van der Waals surface area contributed by atoms with E-state index in [0.29, 0.717) is 16.9 Å². The van der Waals surface area contributed by atoms with Gasteiger partial charge < -0.3 is 5.32 Å². The first-order chi connectivity index (χ1) is 12.8. The third kappa shape index (κ3) is 4.54. The van der Waals surface area contributed by atoms with Gasteiger partial charge in [-0.2, -0.15) is 0 Å². The average Bonchev–Trinajstić information content (AvgIpc) is 2.64. The van der Waals surface area contributed by atoms with Crippen molar-refractivity contribution in [3.05, 3.63) is 89.5 Å². The largest absolute Gasteiger partial charge is 0.322 e. The Bertz CT molecular complexity index is 1060. The second-order valence-corrected chi connectivity index (χ2v) is 7.92. The maximum absolute atomic E-state index is 12.8. The van der Waals surface area contributed by atoms with Gasteiger partial charge >= 0.3 is 0 Å². The molecule has 0 fully saturated rings. The van der Waals surface area contributed by atoms with Gasteiger partial charge in [0.1, 0.15) is 0 Å². The van der Waals surface area contributed by atoms with Gasteiger partial charge in [-0.05, 0) is 55.8 Å². The van der Waals surface area contributed by atoms with Gasteiger partial charge in [0.25, 0.3) is 15.9 Å². The Balaban J connectivity index is 1.87. The molecule has 5 nitrogen and oxygen atoms in total. The van der Waals surface area contributed by atoms with Crippen molar-refractivity contribution in [2.24, 2.45) is 0 Å². The zero-order valence-electron chi connectivity index (χ0n) is 15.1. The minimum atomic E-state index is -3.81. The molecule has 0 aromatic heterocycles. The molecule has 27 heavy (non-hydrogen) atoms. The Labute approximate surface area is 159 Å². The summed E-state index contributed by atoms with van der Waals surface area (Å²) >= 11 is 0. The molecule has 0 aliphatic rings. The number of sulfonamides is 1. The monoisotopic (exact) mass is 380 g/mol. The molecule has 0 bridgehead atoms. The maximum Gasteiger partial charge on any atom is 0.262 e. The van der Waals surface area contributed by atoms with E-state index < -0.39 is 10.0 Å². The number of carbonyl (C=O) groups is 1. The first-order valence-corrected chi connectivity index (χ1v) is 9.90. The second kappa shape index (κ2) is 7.63. The molecule has 0 saturated heterocycles. The molecule has 0 unspecified atom stereocenters. The van der Waals surface area contributed by atoms with Gasteiger partial charge in [0, 0.05) is 16.9 Å². The average molecular weight is 380 g/mol. The minimum Gasteiger partial charge on any atom is -0.322 e. The van der Waals surface area contributed by atoms with E-state index in [1.807, 2.05) is 19.1 Å². The molecule has 0 spiro atoms. The van der Waals surface area contributed by atoms with E-state index >= 15 is 0 Å². The van der Waals surface area contributed by atoms with Crippen LogP contribution in [0.1, 0.15) is 21.5 Å². The molecule has 0 heterocycles. The van der Waals surface area contributed by atoms with Crippen LogP contribution in [0.3, 0.4) is 0 Å². The molecular weight excluding hydrogens is 360 g/mol. The first kappa shape index (κ1) is 18.7. The summed E-state index contributed by atoms with van der Waals surface area (Å²) in [6.45, 7) is 3.66. The smallest absolute Gasteiger partial charge is 0.262 e. The molecule has 0 atom stereocenters. The lowest BCUT2D eigenvalue weighted by atomic mass is 10.1. The standard InChI is InChI=1S/C21H20N2O3S/c1-15-8-12-18(13-9-15)22-21(24)17-11-10-16(2)20(14-17)27(25,26)23-19-6-4-3-5-7-19/h3-14,23H,1-2H3,(H,22,24). The van der Waals surface area contributed by atoms with Crippen molar-refractivity contribution in [3.63, 3.8) is 0 Å². The summed E-state index contributed by atoms with van der Waals surface area (Å²) in [5, 5.41) is 2.78. The summed E-state index contributed by atoms with van der Waals surface area (Å²) < 4.78 is 28.0. The van der Waals surface area contributed by atoms with Crippen LogP contribution in [0.5, 0.6) is 0 Å². The van der Waals surface area contributed by atoms with Gasteiger partial charge in [0.15, 0.2) is 0 Å². The van der Waals surface area contributed by atoms with Crippen LogP contribution >= 0.6 is 0 Å². The molecule has 0 saturated carbocycles. The molecular formula is C21H20N2O3S. The fraction of sp³-hybridized carbons (Fsp3) is 0.0952. The lowest BCUT2D eigenvalue weighted by Crippen LogP contribution is -2.17. The molecule has 0 aliphatic carbocycles. The van der Waals surface area contributed by atoms with E-state index in [1.54, 1.807) is 61.5 Å². The van der Waals surface area contributed by atoms with Gasteiger partial charge in [-0.1, -0.05) is 42.0 Å². The molecule has 3 rings (SSSR count). The number of benzene rings is 3. The fourth-order valence-corrected chi connectivity index (χ4v) is 3.92. The topological polar surface area (TPSA) is 75.3 Å². The highest BCUT2D eigenvalue weighted by atomic mass is 32.2. The van der Waals surface area contributed by atoms with Crippen molar-refractivity contribution in [2.75, 3.05) is 10.0 Å². The minimum absolute atomic E-state index is 0.0721. The van der Waals surface area contributed by atoms with Crippen LogP contribution < -0.4 is 10.0 Å². The summed E-state index contributed by atoms with van der Waals surface area (Å²) in [5.41, 5.74) is 3.04. The van der Waals surface area contributed by atoms with Crippen LogP contribution in [-0.2, 0) is 10.0 Å². The summed E-state index contributed by atoms with van der Waals surface area (Å²) in [6.07, 6.45) is 0. The Morgan fingerprint density at radius 3 is 2.15 bits per heavy atom. The van der Waals surface area contributed by atoms with Crippen molar-refractivity contribution < 1.29 is 13.2 Å². The number of amides is 1. The van der Waals surface area contributed by atoms with Crippen molar-refractivity contribution in [1.29, 1.82) is 0 Å². The SMILES string of the molecule is Cc1ccc(NC(=O)c2ccc(C)c(S(=O)(=O)Nc3ccccc3)c2)cc1. The summed E-state index contributed by atoms with van der Waals surface area (Å²) in [7, 11) is -3.81. The number of para-hydroxylation sites is 1.